The van der Waals surface area contributed by atoms with Crippen molar-refractivity contribution in [2.45, 2.75) is 30.6 Å². The highest BCUT2D eigenvalue weighted by atomic mass is 19.1. The Hall–Kier alpha value is -1.30. The Morgan fingerprint density at radius 3 is 2.81 bits per heavy atom. The van der Waals surface area contributed by atoms with Crippen LogP contribution in [-0.2, 0) is 10.3 Å². The largest absolute Gasteiger partial charge is 0.393 e. The first-order valence-corrected chi connectivity index (χ1v) is 7.05. The predicted octanol–water partition coefficient (Wildman–Crippen LogP) is 2.29. The van der Waals surface area contributed by atoms with E-state index in [1.54, 1.807) is 12.1 Å². The maximum absolute atomic E-state index is 14.1. The van der Waals surface area contributed by atoms with E-state index < -0.39 is 36.2 Å². The standard InChI is InChI=1S/C16H21F2NO2/c1-2-5-14-15(13(20)8-9-21-14)16(19,10-17)11-6-3-4-7-12(11)18/h2-4,6-7,13-15,20H,1,5,8-10,19H2/t13-,14+,15-,16-/m1/s1. The highest BCUT2D eigenvalue weighted by molar-refractivity contribution is 5.28. The van der Waals surface area contributed by atoms with Crippen LogP contribution in [0.3, 0.4) is 0 Å². The molecular weight excluding hydrogens is 276 g/mol. The van der Waals surface area contributed by atoms with E-state index in [-0.39, 0.29) is 5.56 Å². The van der Waals surface area contributed by atoms with Gasteiger partial charge in [-0.15, -0.1) is 6.58 Å². The molecule has 5 heteroatoms. The molecule has 1 aromatic carbocycles. The summed E-state index contributed by atoms with van der Waals surface area (Å²) in [4.78, 5) is 0. The van der Waals surface area contributed by atoms with E-state index in [2.05, 4.69) is 6.58 Å². The van der Waals surface area contributed by atoms with E-state index >= 15 is 0 Å². The topological polar surface area (TPSA) is 55.5 Å². The molecule has 1 aliphatic rings. The smallest absolute Gasteiger partial charge is 0.128 e. The summed E-state index contributed by atoms with van der Waals surface area (Å²) in [5, 5.41) is 10.3. The lowest BCUT2D eigenvalue weighted by molar-refractivity contribution is -0.121. The Labute approximate surface area is 123 Å². The zero-order valence-corrected chi connectivity index (χ0v) is 11.8. The summed E-state index contributed by atoms with van der Waals surface area (Å²) in [6.45, 7) is 3.03. The average Bonchev–Trinajstić information content (AvgIpc) is 2.47. The molecule has 0 saturated carbocycles. The fourth-order valence-electron chi connectivity index (χ4n) is 3.10. The van der Waals surface area contributed by atoms with Crippen molar-refractivity contribution in [1.29, 1.82) is 0 Å². The summed E-state index contributed by atoms with van der Waals surface area (Å²) in [5.41, 5.74) is 4.66. The first kappa shape index (κ1) is 16.1. The zero-order valence-electron chi connectivity index (χ0n) is 11.8. The molecule has 1 fully saturated rings. The normalized spacial score (nSPS) is 28.9. The Balaban J connectivity index is 2.45. The average molecular weight is 297 g/mol. The summed E-state index contributed by atoms with van der Waals surface area (Å²) in [5.74, 6) is -1.31. The van der Waals surface area contributed by atoms with Crippen LogP contribution in [0.15, 0.2) is 36.9 Å². The first-order chi connectivity index (χ1) is 10.0. The molecule has 116 valence electrons. The van der Waals surface area contributed by atoms with Gasteiger partial charge in [0.05, 0.1) is 17.7 Å². The van der Waals surface area contributed by atoms with E-state index in [1.807, 2.05) is 0 Å². The second kappa shape index (κ2) is 6.64. The molecule has 1 aromatic rings. The molecule has 3 N–H and O–H groups in total. The number of benzene rings is 1. The molecule has 0 unspecified atom stereocenters. The lowest BCUT2D eigenvalue weighted by Gasteiger charge is -2.45. The lowest BCUT2D eigenvalue weighted by Crippen LogP contribution is -2.58. The van der Waals surface area contributed by atoms with Crippen LogP contribution in [0.5, 0.6) is 0 Å². The van der Waals surface area contributed by atoms with Crippen LogP contribution in [0.4, 0.5) is 8.78 Å². The molecule has 1 saturated heterocycles. The molecule has 0 spiro atoms. The number of alkyl halides is 1. The number of aliphatic hydroxyl groups is 1. The third-order valence-electron chi connectivity index (χ3n) is 4.15. The first-order valence-electron chi connectivity index (χ1n) is 7.05. The molecule has 0 radical (unpaired) electrons. The zero-order chi connectivity index (χ0) is 15.5. The van der Waals surface area contributed by atoms with Crippen molar-refractivity contribution < 1.29 is 18.6 Å². The Morgan fingerprint density at radius 2 is 2.19 bits per heavy atom. The fourth-order valence-corrected chi connectivity index (χ4v) is 3.10. The summed E-state index contributed by atoms with van der Waals surface area (Å²) in [6, 6.07) is 5.83. The molecule has 21 heavy (non-hydrogen) atoms. The van der Waals surface area contributed by atoms with Crippen LogP contribution in [0.25, 0.3) is 0 Å². The summed E-state index contributed by atoms with van der Waals surface area (Å²) in [6.07, 6.45) is 1.09. The molecule has 3 nitrogen and oxygen atoms in total. The minimum Gasteiger partial charge on any atom is -0.393 e. The van der Waals surface area contributed by atoms with Crippen LogP contribution >= 0.6 is 0 Å². The molecule has 0 amide bonds. The minimum absolute atomic E-state index is 0.0658. The van der Waals surface area contributed by atoms with Gasteiger partial charge in [0, 0.05) is 18.1 Å². The monoisotopic (exact) mass is 297 g/mol. The summed E-state index contributed by atoms with van der Waals surface area (Å²) >= 11 is 0. The van der Waals surface area contributed by atoms with Gasteiger partial charge in [-0.3, -0.25) is 0 Å². The number of nitrogens with two attached hydrogens (primary N) is 1. The van der Waals surface area contributed by atoms with Gasteiger partial charge in [-0.05, 0) is 18.9 Å². The van der Waals surface area contributed by atoms with Gasteiger partial charge in [0.15, 0.2) is 0 Å². The molecular formula is C16H21F2NO2. The van der Waals surface area contributed by atoms with E-state index in [0.29, 0.717) is 19.4 Å². The second-order valence-electron chi connectivity index (χ2n) is 5.47. The summed E-state index contributed by atoms with van der Waals surface area (Å²) in [7, 11) is 0. The van der Waals surface area contributed by atoms with Crippen molar-refractivity contribution in [3.8, 4) is 0 Å². The van der Waals surface area contributed by atoms with Gasteiger partial charge in [0.25, 0.3) is 0 Å². The second-order valence-corrected chi connectivity index (χ2v) is 5.47. The highest BCUT2D eigenvalue weighted by Gasteiger charge is 2.48. The fraction of sp³-hybridized carbons (Fsp3) is 0.500. The molecule has 0 aliphatic carbocycles. The third-order valence-corrected chi connectivity index (χ3v) is 4.15. The van der Waals surface area contributed by atoms with Gasteiger partial charge in [-0.2, -0.15) is 0 Å². The molecule has 2 rings (SSSR count). The minimum atomic E-state index is -1.63. The molecule has 1 heterocycles. The van der Waals surface area contributed by atoms with Crippen molar-refractivity contribution in [3.05, 3.63) is 48.3 Å². The third kappa shape index (κ3) is 3.00. The predicted molar refractivity (Wildman–Crippen MR) is 76.9 cm³/mol. The maximum atomic E-state index is 14.1. The quantitative estimate of drug-likeness (QED) is 0.820. The number of hydrogen-bond donors (Lipinski definition) is 2. The van der Waals surface area contributed by atoms with Crippen LogP contribution < -0.4 is 5.73 Å². The van der Waals surface area contributed by atoms with Crippen LogP contribution in [0.1, 0.15) is 18.4 Å². The van der Waals surface area contributed by atoms with Crippen molar-refractivity contribution in [3.63, 3.8) is 0 Å². The van der Waals surface area contributed by atoms with Gasteiger partial charge in [0.2, 0.25) is 0 Å². The van der Waals surface area contributed by atoms with Gasteiger partial charge >= 0.3 is 0 Å². The number of hydrogen-bond acceptors (Lipinski definition) is 3. The number of rotatable bonds is 5. The molecule has 0 bridgehead atoms. The molecule has 0 aromatic heterocycles. The SMILES string of the molecule is C=CC[C@@H]1OCC[C@@H](O)[C@H]1[C@@](N)(CF)c1ccccc1F. The Morgan fingerprint density at radius 1 is 1.48 bits per heavy atom. The number of ether oxygens (including phenoxy) is 1. The van der Waals surface area contributed by atoms with Gasteiger partial charge in [-0.1, -0.05) is 24.3 Å². The highest BCUT2D eigenvalue weighted by Crippen LogP contribution is 2.39. The van der Waals surface area contributed by atoms with Crippen molar-refractivity contribution in [2.24, 2.45) is 11.7 Å². The molecule has 1 aliphatic heterocycles. The van der Waals surface area contributed by atoms with Crippen molar-refractivity contribution >= 4 is 0 Å². The van der Waals surface area contributed by atoms with E-state index in [0.717, 1.165) is 0 Å². The number of aliphatic hydroxyl groups excluding tert-OH is 1. The van der Waals surface area contributed by atoms with Gasteiger partial charge < -0.3 is 15.6 Å². The maximum Gasteiger partial charge on any atom is 0.128 e. The van der Waals surface area contributed by atoms with E-state index in [9.17, 15) is 13.9 Å². The molecule has 4 atom stereocenters. The number of halogens is 2. The van der Waals surface area contributed by atoms with Crippen molar-refractivity contribution in [1.82, 2.24) is 0 Å². The van der Waals surface area contributed by atoms with Crippen LogP contribution in [-0.4, -0.2) is 30.6 Å². The van der Waals surface area contributed by atoms with Gasteiger partial charge in [-0.25, -0.2) is 8.78 Å². The summed E-state index contributed by atoms with van der Waals surface area (Å²) < 4.78 is 33.5. The Kier molecular flexibility index (Phi) is 5.08. The lowest BCUT2D eigenvalue weighted by atomic mass is 9.71. The van der Waals surface area contributed by atoms with E-state index in [1.165, 1.54) is 18.2 Å². The van der Waals surface area contributed by atoms with Gasteiger partial charge in [0.1, 0.15) is 12.5 Å². The van der Waals surface area contributed by atoms with Crippen molar-refractivity contribution in [2.75, 3.05) is 13.3 Å². The Bertz CT molecular complexity index is 497. The van der Waals surface area contributed by atoms with Crippen LogP contribution in [0, 0.1) is 11.7 Å². The van der Waals surface area contributed by atoms with Crippen LogP contribution in [0.2, 0.25) is 0 Å². The van der Waals surface area contributed by atoms with E-state index in [4.69, 9.17) is 10.5 Å².